The predicted molar refractivity (Wildman–Crippen MR) is 121 cm³/mol. The second kappa shape index (κ2) is 7.36. The summed E-state index contributed by atoms with van der Waals surface area (Å²) in [6.07, 6.45) is 1.42. The molecule has 0 bridgehead atoms. The van der Waals surface area contributed by atoms with E-state index in [1.807, 2.05) is 6.07 Å². The highest BCUT2D eigenvalue weighted by atomic mass is 32.2. The zero-order valence-corrected chi connectivity index (χ0v) is 17.8. The number of hydrogen-bond acceptors (Lipinski definition) is 7. The van der Waals surface area contributed by atoms with Gasteiger partial charge in [-0.2, -0.15) is 5.10 Å². The maximum atomic E-state index is 11.8. The Bertz CT molecular complexity index is 1380. The quantitative estimate of drug-likeness (QED) is 0.436. The number of H-pyrrole nitrogens is 2. The zero-order chi connectivity index (χ0) is 21.6. The number of hydrogen-bond donors (Lipinski definition) is 3. The number of aromatic nitrogens is 5. The molecule has 0 aliphatic carbocycles. The second-order valence-electron chi connectivity index (χ2n) is 7.58. The molecule has 10 nitrogen and oxygen atoms in total. The SMILES string of the molecule is C=CS(=O)(=O)Nc1cnc2[nH]nc(-c3nc4ccc(N5CCN(C)CC5)cc4[nH]3)c2c1. The van der Waals surface area contributed by atoms with Crippen molar-refractivity contribution in [2.45, 2.75) is 0 Å². The van der Waals surface area contributed by atoms with Gasteiger partial charge in [-0.1, -0.05) is 6.58 Å². The van der Waals surface area contributed by atoms with Crippen LogP contribution in [0.4, 0.5) is 11.4 Å². The van der Waals surface area contributed by atoms with Gasteiger partial charge in [-0.15, -0.1) is 0 Å². The molecule has 4 heterocycles. The van der Waals surface area contributed by atoms with E-state index in [-0.39, 0.29) is 0 Å². The van der Waals surface area contributed by atoms with Gasteiger partial charge >= 0.3 is 0 Å². The summed E-state index contributed by atoms with van der Waals surface area (Å²) in [4.78, 5) is 17.0. The van der Waals surface area contributed by atoms with Crippen molar-refractivity contribution in [3.05, 3.63) is 42.4 Å². The van der Waals surface area contributed by atoms with Crippen LogP contribution in [-0.4, -0.2) is 71.7 Å². The Morgan fingerprint density at radius 1 is 1.19 bits per heavy atom. The van der Waals surface area contributed by atoms with Gasteiger partial charge in [-0.25, -0.2) is 18.4 Å². The van der Waals surface area contributed by atoms with Crippen molar-refractivity contribution in [2.24, 2.45) is 0 Å². The van der Waals surface area contributed by atoms with E-state index >= 15 is 0 Å². The Morgan fingerprint density at radius 3 is 2.77 bits per heavy atom. The number of anilines is 2. The minimum Gasteiger partial charge on any atom is -0.369 e. The number of benzene rings is 1. The van der Waals surface area contributed by atoms with Gasteiger partial charge in [0, 0.05) is 37.3 Å². The first-order valence-corrected chi connectivity index (χ1v) is 11.4. The molecule has 11 heteroatoms. The number of imidazole rings is 1. The van der Waals surface area contributed by atoms with Gasteiger partial charge in [-0.05, 0) is 31.3 Å². The Kier molecular flexibility index (Phi) is 4.63. The minimum atomic E-state index is -3.63. The highest BCUT2D eigenvalue weighted by Gasteiger charge is 2.18. The molecule has 160 valence electrons. The molecule has 1 fully saturated rings. The lowest BCUT2D eigenvalue weighted by molar-refractivity contribution is 0.313. The minimum absolute atomic E-state index is 0.323. The van der Waals surface area contributed by atoms with Gasteiger partial charge in [0.2, 0.25) is 0 Å². The smallest absolute Gasteiger partial charge is 0.254 e. The number of pyridine rings is 1. The van der Waals surface area contributed by atoms with E-state index in [0.717, 1.165) is 48.3 Å². The summed E-state index contributed by atoms with van der Waals surface area (Å²) in [5.74, 6) is 0.585. The fourth-order valence-electron chi connectivity index (χ4n) is 3.72. The molecule has 1 aliphatic heterocycles. The molecule has 3 N–H and O–H groups in total. The number of nitrogens with zero attached hydrogens (tertiary/aromatic N) is 5. The molecular weight excluding hydrogens is 416 g/mol. The van der Waals surface area contributed by atoms with Crippen LogP contribution in [0.1, 0.15) is 0 Å². The van der Waals surface area contributed by atoms with Crippen molar-refractivity contribution < 1.29 is 8.42 Å². The van der Waals surface area contributed by atoms with Crippen LogP contribution in [0.5, 0.6) is 0 Å². The lowest BCUT2D eigenvalue weighted by atomic mass is 10.2. The molecule has 0 atom stereocenters. The first-order chi connectivity index (χ1) is 14.9. The fourth-order valence-corrected chi connectivity index (χ4v) is 4.24. The summed E-state index contributed by atoms with van der Waals surface area (Å²) >= 11 is 0. The Morgan fingerprint density at radius 2 is 2.00 bits per heavy atom. The van der Waals surface area contributed by atoms with Gasteiger partial charge in [0.05, 0.1) is 28.3 Å². The summed E-state index contributed by atoms with van der Waals surface area (Å²) in [7, 11) is -1.49. The standard InChI is InChI=1S/C20H22N8O2S/c1-3-31(29,30)26-13-10-15-18(24-25-19(15)21-12-13)20-22-16-5-4-14(11-17(16)23-20)28-8-6-27(2)7-9-28/h3-5,10-12,26H,1,6-9H2,2H3,(H,22,23)(H,21,24,25). The fraction of sp³-hybridized carbons (Fsp3) is 0.250. The third-order valence-corrected chi connectivity index (χ3v) is 6.41. The number of nitrogens with one attached hydrogen (secondary N) is 3. The molecule has 1 saturated heterocycles. The maximum Gasteiger partial charge on any atom is 0.254 e. The molecule has 0 amide bonds. The van der Waals surface area contributed by atoms with Crippen LogP contribution < -0.4 is 9.62 Å². The van der Waals surface area contributed by atoms with Crippen molar-refractivity contribution >= 4 is 43.5 Å². The van der Waals surface area contributed by atoms with Gasteiger partial charge in [0.1, 0.15) is 5.69 Å². The third kappa shape index (κ3) is 3.73. The van der Waals surface area contributed by atoms with E-state index in [2.05, 4.69) is 65.4 Å². The first kappa shape index (κ1) is 19.5. The molecule has 1 aromatic carbocycles. The molecule has 31 heavy (non-hydrogen) atoms. The highest BCUT2D eigenvalue weighted by Crippen LogP contribution is 2.29. The molecule has 0 saturated carbocycles. The Labute approximate surface area is 179 Å². The van der Waals surface area contributed by atoms with Crippen LogP contribution >= 0.6 is 0 Å². The second-order valence-corrected chi connectivity index (χ2v) is 9.21. The normalized spacial score (nSPS) is 15.6. The highest BCUT2D eigenvalue weighted by molar-refractivity contribution is 7.95. The molecule has 0 radical (unpaired) electrons. The molecule has 4 aromatic rings. The van der Waals surface area contributed by atoms with Gasteiger partial charge in [0.15, 0.2) is 11.5 Å². The lowest BCUT2D eigenvalue weighted by Gasteiger charge is -2.34. The molecule has 0 unspecified atom stereocenters. The zero-order valence-electron chi connectivity index (χ0n) is 17.0. The van der Waals surface area contributed by atoms with E-state index in [0.29, 0.717) is 28.2 Å². The Hall–Kier alpha value is -3.44. The average molecular weight is 439 g/mol. The number of piperazine rings is 1. The largest absolute Gasteiger partial charge is 0.369 e. The van der Waals surface area contributed by atoms with E-state index in [9.17, 15) is 8.42 Å². The summed E-state index contributed by atoms with van der Waals surface area (Å²) in [6, 6.07) is 7.86. The lowest BCUT2D eigenvalue weighted by Crippen LogP contribution is -2.44. The van der Waals surface area contributed by atoms with Gasteiger partial charge < -0.3 is 14.8 Å². The first-order valence-electron chi connectivity index (χ1n) is 9.85. The predicted octanol–water partition coefficient (Wildman–Crippen LogP) is 2.14. The topological polar surface area (TPSA) is 123 Å². The molecule has 5 rings (SSSR count). The molecular formula is C20H22N8O2S. The van der Waals surface area contributed by atoms with Crippen LogP contribution in [0.15, 0.2) is 42.4 Å². The number of aromatic amines is 2. The van der Waals surface area contributed by atoms with Crippen molar-refractivity contribution in [1.29, 1.82) is 0 Å². The molecule has 0 spiro atoms. The summed E-state index contributed by atoms with van der Waals surface area (Å²) in [5.41, 5.74) is 4.34. The van der Waals surface area contributed by atoms with Crippen molar-refractivity contribution in [3.8, 4) is 11.5 Å². The van der Waals surface area contributed by atoms with Crippen LogP contribution in [0.3, 0.4) is 0 Å². The number of likely N-dealkylation sites (N-methyl/N-ethyl adjacent to an activating group) is 1. The number of sulfonamides is 1. The summed E-state index contributed by atoms with van der Waals surface area (Å²) in [6.45, 7) is 7.36. The van der Waals surface area contributed by atoms with Crippen LogP contribution in [-0.2, 0) is 10.0 Å². The van der Waals surface area contributed by atoms with E-state index in [1.165, 1.54) is 6.20 Å². The Balaban J connectivity index is 1.50. The summed E-state index contributed by atoms with van der Waals surface area (Å²) in [5, 5.41) is 8.72. The van der Waals surface area contributed by atoms with E-state index in [4.69, 9.17) is 0 Å². The monoisotopic (exact) mass is 438 g/mol. The molecule has 1 aliphatic rings. The van der Waals surface area contributed by atoms with Crippen molar-refractivity contribution in [2.75, 3.05) is 42.8 Å². The maximum absolute atomic E-state index is 11.8. The third-order valence-electron chi connectivity index (χ3n) is 5.45. The summed E-state index contributed by atoms with van der Waals surface area (Å²) < 4.78 is 26.0. The van der Waals surface area contributed by atoms with Crippen LogP contribution in [0.2, 0.25) is 0 Å². The van der Waals surface area contributed by atoms with E-state index < -0.39 is 10.0 Å². The number of fused-ring (bicyclic) bond motifs is 2. The van der Waals surface area contributed by atoms with E-state index in [1.54, 1.807) is 6.07 Å². The van der Waals surface area contributed by atoms with Crippen LogP contribution in [0, 0.1) is 0 Å². The van der Waals surface area contributed by atoms with Gasteiger partial charge in [0.25, 0.3) is 10.0 Å². The van der Waals surface area contributed by atoms with Gasteiger partial charge in [-0.3, -0.25) is 9.82 Å². The average Bonchev–Trinajstić information content (AvgIpc) is 3.37. The molecule has 3 aromatic heterocycles. The van der Waals surface area contributed by atoms with Crippen molar-refractivity contribution in [3.63, 3.8) is 0 Å². The van der Waals surface area contributed by atoms with Crippen molar-refractivity contribution in [1.82, 2.24) is 30.0 Å². The number of rotatable bonds is 5. The van der Waals surface area contributed by atoms with Crippen LogP contribution in [0.25, 0.3) is 33.6 Å².